The van der Waals surface area contributed by atoms with Crippen LogP contribution in [0.15, 0.2) is 0 Å². The molecular formula is C2H5ClCoO2. The van der Waals surface area contributed by atoms with E-state index < -0.39 is 5.97 Å². The van der Waals surface area contributed by atoms with E-state index in [1.807, 2.05) is 0 Å². The molecule has 41 valence electrons. The summed E-state index contributed by atoms with van der Waals surface area (Å²) in [5.41, 5.74) is 0. The molecule has 0 saturated heterocycles. The Hall–Kier alpha value is 0.266. The molecule has 0 heterocycles. The van der Waals surface area contributed by atoms with Gasteiger partial charge in [-0.1, -0.05) is 0 Å². The first-order chi connectivity index (χ1) is 1.73. The second-order valence-electron chi connectivity index (χ2n) is 0.519. The molecule has 0 aliphatic carbocycles. The maximum atomic E-state index is 9.00. The molecule has 0 aromatic carbocycles. The third-order valence-electron chi connectivity index (χ3n) is 0. The van der Waals surface area contributed by atoms with E-state index in [0.717, 1.165) is 6.92 Å². The summed E-state index contributed by atoms with van der Waals surface area (Å²) >= 11 is 0. The SMILES string of the molecule is CC(=O)O.Cl.[Co]. The van der Waals surface area contributed by atoms with Crippen molar-refractivity contribution in [3.05, 3.63) is 0 Å². The van der Waals surface area contributed by atoms with Crippen molar-refractivity contribution < 1.29 is 26.7 Å². The van der Waals surface area contributed by atoms with Crippen LogP contribution in [0.25, 0.3) is 0 Å². The zero-order valence-corrected chi connectivity index (χ0v) is 4.95. The second-order valence-corrected chi connectivity index (χ2v) is 0.519. The van der Waals surface area contributed by atoms with Crippen molar-refractivity contribution in [3.63, 3.8) is 0 Å². The van der Waals surface area contributed by atoms with E-state index in [4.69, 9.17) is 9.90 Å². The van der Waals surface area contributed by atoms with Gasteiger partial charge in [-0.05, 0) is 0 Å². The Morgan fingerprint density at radius 3 is 1.67 bits per heavy atom. The molecule has 4 heteroatoms. The molecule has 0 amide bonds. The molecule has 6 heavy (non-hydrogen) atoms. The average molecular weight is 155 g/mol. The quantitative estimate of drug-likeness (QED) is 0.553. The van der Waals surface area contributed by atoms with Crippen LogP contribution in [0.3, 0.4) is 0 Å². The fourth-order valence-corrected chi connectivity index (χ4v) is 0. The summed E-state index contributed by atoms with van der Waals surface area (Å²) < 4.78 is 0. The van der Waals surface area contributed by atoms with Crippen molar-refractivity contribution in [2.75, 3.05) is 0 Å². The minimum absolute atomic E-state index is 0. The van der Waals surface area contributed by atoms with Gasteiger partial charge in [0.25, 0.3) is 5.97 Å². The predicted molar refractivity (Wildman–Crippen MR) is 20.6 cm³/mol. The zero-order chi connectivity index (χ0) is 3.58. The van der Waals surface area contributed by atoms with Gasteiger partial charge in [-0.25, -0.2) is 0 Å². The summed E-state index contributed by atoms with van der Waals surface area (Å²) in [4.78, 5) is 9.00. The number of carboxylic acids is 1. The van der Waals surface area contributed by atoms with Crippen LogP contribution in [0.1, 0.15) is 6.92 Å². The van der Waals surface area contributed by atoms with Crippen LogP contribution in [0.2, 0.25) is 0 Å². The van der Waals surface area contributed by atoms with Crippen LogP contribution in [-0.4, -0.2) is 11.1 Å². The van der Waals surface area contributed by atoms with E-state index in [1.54, 1.807) is 0 Å². The van der Waals surface area contributed by atoms with E-state index >= 15 is 0 Å². The Morgan fingerprint density at radius 1 is 1.67 bits per heavy atom. The Bertz CT molecular complexity index is 34.5. The summed E-state index contributed by atoms with van der Waals surface area (Å²) in [6.45, 7) is 1.08. The number of hydrogen-bond acceptors (Lipinski definition) is 1. The van der Waals surface area contributed by atoms with Gasteiger partial charge in [-0.3, -0.25) is 4.79 Å². The summed E-state index contributed by atoms with van der Waals surface area (Å²) in [5.74, 6) is -0.833. The normalized spacial score (nSPS) is 4.17. The molecule has 0 rings (SSSR count). The molecule has 0 aliphatic heterocycles. The topological polar surface area (TPSA) is 37.3 Å². The van der Waals surface area contributed by atoms with Gasteiger partial charge in [0.2, 0.25) is 0 Å². The third-order valence-corrected chi connectivity index (χ3v) is 0. The van der Waals surface area contributed by atoms with Crippen molar-refractivity contribution >= 4 is 18.4 Å². The number of halogens is 1. The van der Waals surface area contributed by atoms with Crippen LogP contribution < -0.4 is 0 Å². The second kappa shape index (κ2) is 8.98. The Balaban J connectivity index is -0.0000000450. The average Bonchev–Trinajstić information content (AvgIpc) is 0.811. The Morgan fingerprint density at radius 2 is 1.67 bits per heavy atom. The van der Waals surface area contributed by atoms with Crippen molar-refractivity contribution in [1.29, 1.82) is 0 Å². The molecule has 0 bridgehead atoms. The largest absolute Gasteiger partial charge is 0.481 e. The molecule has 0 aromatic rings. The predicted octanol–water partition coefficient (Wildman–Crippen LogP) is 0.510. The van der Waals surface area contributed by atoms with Gasteiger partial charge in [0.1, 0.15) is 0 Å². The summed E-state index contributed by atoms with van der Waals surface area (Å²) in [5, 5.41) is 7.42. The molecule has 0 unspecified atom stereocenters. The van der Waals surface area contributed by atoms with Crippen molar-refractivity contribution in [2.45, 2.75) is 6.92 Å². The molecule has 1 N–H and O–H groups in total. The molecule has 0 aliphatic rings. The minimum atomic E-state index is -0.833. The number of aliphatic carboxylic acids is 1. The van der Waals surface area contributed by atoms with Crippen LogP contribution >= 0.6 is 12.4 Å². The zero-order valence-electron chi connectivity index (χ0n) is 3.10. The van der Waals surface area contributed by atoms with Crippen LogP contribution in [-0.2, 0) is 21.6 Å². The maximum absolute atomic E-state index is 9.00. The number of carboxylic acid groups (broad SMARTS) is 1. The fourth-order valence-electron chi connectivity index (χ4n) is 0. The molecule has 0 atom stereocenters. The van der Waals surface area contributed by atoms with E-state index in [1.165, 1.54) is 0 Å². The third kappa shape index (κ3) is 641. The molecular weight excluding hydrogens is 150 g/mol. The Labute approximate surface area is 52.5 Å². The standard InChI is InChI=1S/C2H4O2.ClH.Co/c1-2(3)4;;/h1H3,(H,3,4);1H;. The maximum Gasteiger partial charge on any atom is 0.300 e. The van der Waals surface area contributed by atoms with Gasteiger partial charge in [0.15, 0.2) is 0 Å². The van der Waals surface area contributed by atoms with Crippen molar-refractivity contribution in [1.82, 2.24) is 0 Å². The van der Waals surface area contributed by atoms with Crippen LogP contribution in [0.4, 0.5) is 0 Å². The number of hydrogen-bond donors (Lipinski definition) is 1. The molecule has 0 aromatic heterocycles. The van der Waals surface area contributed by atoms with Crippen molar-refractivity contribution in [2.24, 2.45) is 0 Å². The van der Waals surface area contributed by atoms with Crippen LogP contribution in [0, 0.1) is 0 Å². The van der Waals surface area contributed by atoms with E-state index in [9.17, 15) is 0 Å². The molecule has 0 fully saturated rings. The summed E-state index contributed by atoms with van der Waals surface area (Å²) in [6, 6.07) is 0. The first kappa shape index (κ1) is 16.3. The van der Waals surface area contributed by atoms with Gasteiger partial charge in [0.05, 0.1) is 0 Å². The summed E-state index contributed by atoms with van der Waals surface area (Å²) in [6.07, 6.45) is 0. The minimum Gasteiger partial charge on any atom is -0.481 e. The first-order valence-electron chi connectivity index (χ1n) is 0.928. The van der Waals surface area contributed by atoms with Gasteiger partial charge in [-0.2, -0.15) is 0 Å². The molecule has 2 nitrogen and oxygen atoms in total. The Kier molecular flexibility index (Phi) is 24.4. The van der Waals surface area contributed by atoms with E-state index in [0.29, 0.717) is 0 Å². The first-order valence-corrected chi connectivity index (χ1v) is 0.928. The van der Waals surface area contributed by atoms with E-state index in [2.05, 4.69) is 0 Å². The molecule has 0 saturated carbocycles. The van der Waals surface area contributed by atoms with Gasteiger partial charge >= 0.3 is 0 Å². The van der Waals surface area contributed by atoms with E-state index in [-0.39, 0.29) is 29.2 Å². The van der Waals surface area contributed by atoms with Gasteiger partial charge in [0, 0.05) is 23.7 Å². The molecule has 1 radical (unpaired) electrons. The van der Waals surface area contributed by atoms with Crippen molar-refractivity contribution in [3.8, 4) is 0 Å². The van der Waals surface area contributed by atoms with Gasteiger partial charge < -0.3 is 5.11 Å². The van der Waals surface area contributed by atoms with Crippen LogP contribution in [0.5, 0.6) is 0 Å². The number of carbonyl (C=O) groups is 1. The summed E-state index contributed by atoms with van der Waals surface area (Å²) in [7, 11) is 0. The number of rotatable bonds is 0. The molecule has 0 spiro atoms. The van der Waals surface area contributed by atoms with Gasteiger partial charge in [-0.15, -0.1) is 12.4 Å². The smallest absolute Gasteiger partial charge is 0.300 e. The monoisotopic (exact) mass is 155 g/mol. The fraction of sp³-hybridized carbons (Fsp3) is 0.500.